The minimum Gasteiger partial charge on any atom is -0.479 e. The van der Waals surface area contributed by atoms with Gasteiger partial charge < -0.3 is 5.11 Å². The fourth-order valence-electron chi connectivity index (χ4n) is 3.12. The van der Waals surface area contributed by atoms with E-state index in [9.17, 15) is 9.90 Å². The Kier molecular flexibility index (Phi) is 2.47. The minimum atomic E-state index is -1.09. The lowest BCUT2D eigenvalue weighted by atomic mass is 9.86. The standard InChI is InChI=1S/C16H15NO2/c1-17(2)16(15(18)19)13-9-5-3-7-11(13)12-8-4-6-10-14(12)16/h3-10H,1-2H3,(H,18,19). The molecule has 0 atom stereocenters. The van der Waals surface area contributed by atoms with Gasteiger partial charge in [-0.25, -0.2) is 4.79 Å². The van der Waals surface area contributed by atoms with Crippen LogP contribution in [-0.4, -0.2) is 30.1 Å². The molecule has 0 radical (unpaired) electrons. The highest BCUT2D eigenvalue weighted by Crippen LogP contribution is 2.49. The van der Waals surface area contributed by atoms with E-state index in [4.69, 9.17) is 0 Å². The van der Waals surface area contributed by atoms with Crippen LogP contribution in [0.25, 0.3) is 11.1 Å². The summed E-state index contributed by atoms with van der Waals surface area (Å²) >= 11 is 0. The maximum atomic E-state index is 12.0. The highest BCUT2D eigenvalue weighted by atomic mass is 16.4. The highest BCUT2D eigenvalue weighted by Gasteiger charge is 2.51. The van der Waals surface area contributed by atoms with Crippen molar-refractivity contribution in [3.63, 3.8) is 0 Å². The maximum absolute atomic E-state index is 12.0. The molecule has 0 saturated heterocycles. The maximum Gasteiger partial charge on any atom is 0.333 e. The number of hydrogen-bond acceptors (Lipinski definition) is 2. The first-order valence-electron chi connectivity index (χ1n) is 6.20. The quantitative estimate of drug-likeness (QED) is 0.894. The Labute approximate surface area is 112 Å². The van der Waals surface area contributed by atoms with Crippen molar-refractivity contribution in [1.29, 1.82) is 0 Å². The van der Waals surface area contributed by atoms with Gasteiger partial charge in [-0.1, -0.05) is 48.5 Å². The second kappa shape index (κ2) is 3.93. The molecule has 1 N–H and O–H groups in total. The van der Waals surface area contributed by atoms with Crippen molar-refractivity contribution in [3.8, 4) is 11.1 Å². The van der Waals surface area contributed by atoms with Crippen molar-refractivity contribution >= 4 is 5.97 Å². The first-order valence-corrected chi connectivity index (χ1v) is 6.20. The molecule has 96 valence electrons. The Morgan fingerprint density at radius 2 is 1.37 bits per heavy atom. The lowest BCUT2D eigenvalue weighted by Crippen LogP contribution is -2.47. The fourth-order valence-corrected chi connectivity index (χ4v) is 3.12. The number of benzene rings is 2. The van der Waals surface area contributed by atoms with Crippen LogP contribution in [-0.2, 0) is 10.3 Å². The van der Waals surface area contributed by atoms with E-state index in [1.54, 1.807) is 4.90 Å². The van der Waals surface area contributed by atoms with Gasteiger partial charge in [-0.3, -0.25) is 4.90 Å². The molecule has 0 bridgehead atoms. The summed E-state index contributed by atoms with van der Waals surface area (Å²) in [6, 6.07) is 15.5. The second-order valence-electron chi connectivity index (χ2n) is 5.00. The molecule has 0 fully saturated rings. The molecule has 0 saturated carbocycles. The molecule has 0 heterocycles. The van der Waals surface area contributed by atoms with Gasteiger partial charge in [0.2, 0.25) is 0 Å². The molecule has 1 aliphatic carbocycles. The van der Waals surface area contributed by atoms with Crippen molar-refractivity contribution in [2.24, 2.45) is 0 Å². The zero-order valence-corrected chi connectivity index (χ0v) is 10.9. The Morgan fingerprint density at radius 1 is 0.947 bits per heavy atom. The molecule has 19 heavy (non-hydrogen) atoms. The Bertz CT molecular complexity index is 616. The van der Waals surface area contributed by atoms with Crippen LogP contribution < -0.4 is 0 Å². The van der Waals surface area contributed by atoms with E-state index < -0.39 is 11.5 Å². The summed E-state index contributed by atoms with van der Waals surface area (Å²) < 4.78 is 0. The number of nitrogens with zero attached hydrogens (tertiary/aromatic N) is 1. The van der Waals surface area contributed by atoms with E-state index >= 15 is 0 Å². The molecule has 0 aliphatic heterocycles. The van der Waals surface area contributed by atoms with Crippen LogP contribution in [0.1, 0.15) is 11.1 Å². The number of aliphatic carboxylic acids is 1. The van der Waals surface area contributed by atoms with Crippen molar-refractivity contribution in [1.82, 2.24) is 4.90 Å². The van der Waals surface area contributed by atoms with Crippen molar-refractivity contribution in [2.75, 3.05) is 14.1 Å². The molecule has 3 heteroatoms. The Hall–Kier alpha value is -2.13. The zero-order chi connectivity index (χ0) is 13.6. The zero-order valence-electron chi connectivity index (χ0n) is 10.9. The third-order valence-electron chi connectivity index (χ3n) is 3.90. The number of hydrogen-bond donors (Lipinski definition) is 1. The van der Waals surface area contributed by atoms with E-state index in [1.165, 1.54) is 0 Å². The predicted molar refractivity (Wildman–Crippen MR) is 74.0 cm³/mol. The molecular formula is C16H15NO2. The Balaban J connectivity index is 2.46. The summed E-state index contributed by atoms with van der Waals surface area (Å²) in [4.78, 5) is 13.8. The van der Waals surface area contributed by atoms with Gasteiger partial charge in [-0.05, 0) is 36.3 Å². The van der Waals surface area contributed by atoms with Gasteiger partial charge in [0.15, 0.2) is 5.54 Å². The van der Waals surface area contributed by atoms with E-state index in [0.29, 0.717) is 0 Å². The topological polar surface area (TPSA) is 40.5 Å². The van der Waals surface area contributed by atoms with Crippen molar-refractivity contribution in [3.05, 3.63) is 59.7 Å². The summed E-state index contributed by atoms with van der Waals surface area (Å²) in [5.41, 5.74) is 2.61. The number of fused-ring (bicyclic) bond motifs is 3. The van der Waals surface area contributed by atoms with E-state index in [2.05, 4.69) is 0 Å². The average molecular weight is 253 g/mol. The van der Waals surface area contributed by atoms with E-state index in [0.717, 1.165) is 22.3 Å². The molecule has 0 unspecified atom stereocenters. The molecule has 3 nitrogen and oxygen atoms in total. The molecule has 1 aliphatic rings. The lowest BCUT2D eigenvalue weighted by molar-refractivity contribution is -0.147. The summed E-state index contributed by atoms with van der Waals surface area (Å²) in [6.07, 6.45) is 0. The summed E-state index contributed by atoms with van der Waals surface area (Å²) in [6.45, 7) is 0. The van der Waals surface area contributed by atoms with Gasteiger partial charge in [0.05, 0.1) is 0 Å². The van der Waals surface area contributed by atoms with Gasteiger partial charge in [0, 0.05) is 0 Å². The van der Waals surface area contributed by atoms with E-state index in [-0.39, 0.29) is 0 Å². The molecule has 3 rings (SSSR count). The number of carboxylic acids is 1. The largest absolute Gasteiger partial charge is 0.479 e. The van der Waals surface area contributed by atoms with Crippen LogP contribution in [0.4, 0.5) is 0 Å². The average Bonchev–Trinajstić information content (AvgIpc) is 2.70. The molecule has 0 amide bonds. The minimum absolute atomic E-state index is 0.838. The Morgan fingerprint density at radius 3 is 1.74 bits per heavy atom. The summed E-state index contributed by atoms with van der Waals surface area (Å²) in [5, 5.41) is 9.89. The molecule has 2 aromatic carbocycles. The highest BCUT2D eigenvalue weighted by molar-refractivity contribution is 5.96. The van der Waals surface area contributed by atoms with Crippen molar-refractivity contribution < 1.29 is 9.90 Å². The van der Waals surface area contributed by atoms with Gasteiger partial charge in [0.25, 0.3) is 0 Å². The first kappa shape index (κ1) is 11.9. The van der Waals surface area contributed by atoms with Gasteiger partial charge in [0.1, 0.15) is 0 Å². The normalized spacial score (nSPS) is 15.1. The van der Waals surface area contributed by atoms with Crippen LogP contribution in [0, 0.1) is 0 Å². The monoisotopic (exact) mass is 253 g/mol. The third kappa shape index (κ3) is 1.33. The first-order chi connectivity index (χ1) is 9.10. The number of carbonyl (C=O) groups is 1. The van der Waals surface area contributed by atoms with Gasteiger partial charge >= 0.3 is 5.97 Å². The fraction of sp³-hybridized carbons (Fsp3) is 0.188. The van der Waals surface area contributed by atoms with Crippen LogP contribution in [0.3, 0.4) is 0 Å². The van der Waals surface area contributed by atoms with Crippen LogP contribution in [0.15, 0.2) is 48.5 Å². The smallest absolute Gasteiger partial charge is 0.333 e. The van der Waals surface area contributed by atoms with Crippen LogP contribution in [0.5, 0.6) is 0 Å². The van der Waals surface area contributed by atoms with Crippen LogP contribution in [0.2, 0.25) is 0 Å². The van der Waals surface area contributed by atoms with E-state index in [1.807, 2.05) is 62.6 Å². The summed E-state index contributed by atoms with van der Waals surface area (Å²) in [5.74, 6) is -0.838. The SMILES string of the molecule is CN(C)C1(C(=O)O)c2ccccc2-c2ccccc21. The number of carboxylic acid groups (broad SMARTS) is 1. The number of likely N-dealkylation sites (N-methyl/N-ethyl adjacent to an activating group) is 1. The molecular weight excluding hydrogens is 238 g/mol. The molecule has 0 aromatic heterocycles. The molecule has 2 aromatic rings. The van der Waals surface area contributed by atoms with Crippen LogP contribution >= 0.6 is 0 Å². The third-order valence-corrected chi connectivity index (χ3v) is 3.90. The predicted octanol–water partition coefficient (Wildman–Crippen LogP) is 2.56. The summed E-state index contributed by atoms with van der Waals surface area (Å²) in [7, 11) is 3.62. The molecule has 0 spiro atoms. The second-order valence-corrected chi connectivity index (χ2v) is 5.00. The van der Waals surface area contributed by atoms with Gasteiger partial charge in [-0.15, -0.1) is 0 Å². The lowest BCUT2D eigenvalue weighted by Gasteiger charge is -2.34. The number of rotatable bonds is 2. The van der Waals surface area contributed by atoms with Crippen molar-refractivity contribution in [2.45, 2.75) is 5.54 Å². The van der Waals surface area contributed by atoms with Gasteiger partial charge in [-0.2, -0.15) is 0 Å².